The van der Waals surface area contributed by atoms with Gasteiger partial charge in [-0.2, -0.15) is 0 Å². The van der Waals surface area contributed by atoms with E-state index in [0.29, 0.717) is 19.7 Å². The number of ether oxygens (including phenoxy) is 1. The van der Waals surface area contributed by atoms with Crippen LogP contribution in [0.3, 0.4) is 0 Å². The average molecular weight is 247 g/mol. The first kappa shape index (κ1) is 14.1. The molecule has 0 fully saturated rings. The molecular formula is C14H21N3O. The molecule has 0 amide bonds. The number of hydrogen-bond acceptors (Lipinski definition) is 2. The van der Waals surface area contributed by atoms with Crippen molar-refractivity contribution in [1.82, 2.24) is 10.6 Å². The summed E-state index contributed by atoms with van der Waals surface area (Å²) < 4.78 is 5.57. The number of para-hydroxylation sites is 1. The SMILES string of the molecule is C=CCNC(=NC)NCc1ccccc1OCC. The monoisotopic (exact) mass is 247 g/mol. The maximum absolute atomic E-state index is 5.57. The van der Waals surface area contributed by atoms with Gasteiger partial charge < -0.3 is 15.4 Å². The van der Waals surface area contributed by atoms with Crippen LogP contribution in [0, 0.1) is 0 Å². The van der Waals surface area contributed by atoms with E-state index in [-0.39, 0.29) is 0 Å². The zero-order chi connectivity index (χ0) is 13.2. The second-order valence-corrected chi connectivity index (χ2v) is 3.64. The second kappa shape index (κ2) is 8.17. The number of rotatable bonds is 6. The van der Waals surface area contributed by atoms with E-state index in [9.17, 15) is 0 Å². The van der Waals surface area contributed by atoms with Crippen molar-refractivity contribution >= 4 is 5.96 Å². The topological polar surface area (TPSA) is 45.7 Å². The van der Waals surface area contributed by atoms with Crippen LogP contribution in [0.1, 0.15) is 12.5 Å². The minimum absolute atomic E-state index is 0.667. The van der Waals surface area contributed by atoms with E-state index in [0.717, 1.165) is 17.3 Å². The molecule has 18 heavy (non-hydrogen) atoms. The maximum atomic E-state index is 5.57. The Labute approximate surface area is 109 Å². The molecule has 1 aromatic rings. The Hall–Kier alpha value is -1.97. The van der Waals surface area contributed by atoms with Gasteiger partial charge in [0.25, 0.3) is 0 Å². The summed E-state index contributed by atoms with van der Waals surface area (Å²) in [5.74, 6) is 1.66. The van der Waals surface area contributed by atoms with Gasteiger partial charge in [0.1, 0.15) is 5.75 Å². The number of nitrogens with one attached hydrogen (secondary N) is 2. The fourth-order valence-corrected chi connectivity index (χ4v) is 1.51. The molecule has 0 saturated heterocycles. The molecule has 0 spiro atoms. The molecule has 0 bridgehead atoms. The summed E-state index contributed by atoms with van der Waals surface area (Å²) in [7, 11) is 1.74. The first-order valence-corrected chi connectivity index (χ1v) is 6.08. The van der Waals surface area contributed by atoms with Gasteiger partial charge in [-0.05, 0) is 13.0 Å². The zero-order valence-corrected chi connectivity index (χ0v) is 11.1. The van der Waals surface area contributed by atoms with Gasteiger partial charge in [0, 0.05) is 25.7 Å². The Balaban J connectivity index is 2.58. The fraction of sp³-hybridized carbons (Fsp3) is 0.357. The zero-order valence-electron chi connectivity index (χ0n) is 11.1. The molecule has 0 aliphatic heterocycles. The van der Waals surface area contributed by atoms with Crippen molar-refractivity contribution in [3.8, 4) is 5.75 Å². The molecule has 4 nitrogen and oxygen atoms in total. The predicted molar refractivity (Wildman–Crippen MR) is 76.0 cm³/mol. The lowest BCUT2D eigenvalue weighted by Crippen LogP contribution is -2.36. The van der Waals surface area contributed by atoms with Crippen LogP contribution in [0.2, 0.25) is 0 Å². The Bertz CT molecular complexity index is 402. The number of guanidine groups is 1. The molecule has 0 heterocycles. The number of nitrogens with zero attached hydrogens (tertiary/aromatic N) is 1. The lowest BCUT2D eigenvalue weighted by molar-refractivity contribution is 0.336. The van der Waals surface area contributed by atoms with Crippen molar-refractivity contribution in [2.45, 2.75) is 13.5 Å². The third kappa shape index (κ3) is 4.49. The van der Waals surface area contributed by atoms with Gasteiger partial charge >= 0.3 is 0 Å². The van der Waals surface area contributed by atoms with E-state index < -0.39 is 0 Å². The first-order valence-electron chi connectivity index (χ1n) is 6.08. The summed E-state index contributed by atoms with van der Waals surface area (Å²) in [6.07, 6.45) is 1.79. The van der Waals surface area contributed by atoms with E-state index in [2.05, 4.69) is 22.2 Å². The van der Waals surface area contributed by atoms with Crippen molar-refractivity contribution in [3.05, 3.63) is 42.5 Å². The van der Waals surface area contributed by atoms with Crippen LogP contribution in [0.4, 0.5) is 0 Å². The molecule has 0 unspecified atom stereocenters. The van der Waals surface area contributed by atoms with Crippen LogP contribution >= 0.6 is 0 Å². The van der Waals surface area contributed by atoms with Crippen molar-refractivity contribution < 1.29 is 4.74 Å². The van der Waals surface area contributed by atoms with E-state index >= 15 is 0 Å². The van der Waals surface area contributed by atoms with E-state index in [4.69, 9.17) is 4.74 Å². The highest BCUT2D eigenvalue weighted by Gasteiger charge is 2.03. The Morgan fingerprint density at radius 2 is 2.17 bits per heavy atom. The molecule has 0 saturated carbocycles. The molecule has 98 valence electrons. The summed E-state index contributed by atoms with van der Waals surface area (Å²) in [6.45, 7) is 7.67. The van der Waals surface area contributed by atoms with Gasteiger partial charge in [0.15, 0.2) is 5.96 Å². The molecule has 0 aliphatic carbocycles. The summed E-state index contributed by atoms with van der Waals surface area (Å²) >= 11 is 0. The second-order valence-electron chi connectivity index (χ2n) is 3.64. The van der Waals surface area contributed by atoms with E-state index in [1.54, 1.807) is 13.1 Å². The summed E-state index contributed by atoms with van der Waals surface area (Å²) in [5, 5.41) is 6.35. The minimum Gasteiger partial charge on any atom is -0.494 e. The van der Waals surface area contributed by atoms with Crippen LogP contribution in [0.25, 0.3) is 0 Å². The molecule has 0 aliphatic rings. The van der Waals surface area contributed by atoms with Crippen molar-refractivity contribution in [2.75, 3.05) is 20.2 Å². The molecular weight excluding hydrogens is 226 g/mol. The molecule has 4 heteroatoms. The Kier molecular flexibility index (Phi) is 6.40. The number of hydrogen-bond donors (Lipinski definition) is 2. The molecule has 1 aromatic carbocycles. The number of aliphatic imine (C=N–C) groups is 1. The lowest BCUT2D eigenvalue weighted by atomic mass is 10.2. The highest BCUT2D eigenvalue weighted by molar-refractivity contribution is 5.79. The fourth-order valence-electron chi connectivity index (χ4n) is 1.51. The first-order chi connectivity index (χ1) is 8.81. The largest absolute Gasteiger partial charge is 0.494 e. The summed E-state index contributed by atoms with van der Waals surface area (Å²) in [5.41, 5.74) is 1.11. The summed E-state index contributed by atoms with van der Waals surface area (Å²) in [4.78, 5) is 4.12. The smallest absolute Gasteiger partial charge is 0.191 e. The molecule has 0 radical (unpaired) electrons. The predicted octanol–water partition coefficient (Wildman–Crippen LogP) is 1.94. The normalized spacial score (nSPS) is 10.9. The van der Waals surface area contributed by atoms with Gasteiger partial charge in [0.2, 0.25) is 0 Å². The van der Waals surface area contributed by atoms with Crippen LogP contribution in [0.15, 0.2) is 41.9 Å². The van der Waals surface area contributed by atoms with Crippen LogP contribution in [0.5, 0.6) is 5.75 Å². The third-order valence-corrected chi connectivity index (χ3v) is 2.36. The van der Waals surface area contributed by atoms with Crippen LogP contribution in [-0.2, 0) is 6.54 Å². The summed E-state index contributed by atoms with van der Waals surface area (Å²) in [6, 6.07) is 7.98. The van der Waals surface area contributed by atoms with Gasteiger partial charge in [-0.25, -0.2) is 0 Å². The van der Waals surface area contributed by atoms with E-state index in [1.807, 2.05) is 31.2 Å². The van der Waals surface area contributed by atoms with Gasteiger partial charge in [0.05, 0.1) is 6.61 Å². The van der Waals surface area contributed by atoms with Crippen molar-refractivity contribution in [3.63, 3.8) is 0 Å². The van der Waals surface area contributed by atoms with Crippen LogP contribution < -0.4 is 15.4 Å². The van der Waals surface area contributed by atoms with Gasteiger partial charge in [-0.3, -0.25) is 4.99 Å². The minimum atomic E-state index is 0.667. The standard InChI is InChI=1S/C14H21N3O/c1-4-10-16-14(15-3)17-11-12-8-6-7-9-13(12)18-5-2/h4,6-9H,1,5,10-11H2,2-3H3,(H2,15,16,17). The van der Waals surface area contributed by atoms with Gasteiger partial charge in [-0.1, -0.05) is 24.3 Å². The quantitative estimate of drug-likeness (QED) is 0.459. The van der Waals surface area contributed by atoms with Crippen LogP contribution in [-0.4, -0.2) is 26.2 Å². The number of benzene rings is 1. The van der Waals surface area contributed by atoms with Crippen molar-refractivity contribution in [1.29, 1.82) is 0 Å². The maximum Gasteiger partial charge on any atom is 0.191 e. The molecule has 0 aromatic heterocycles. The highest BCUT2D eigenvalue weighted by atomic mass is 16.5. The van der Waals surface area contributed by atoms with Crippen molar-refractivity contribution in [2.24, 2.45) is 4.99 Å². The molecule has 2 N–H and O–H groups in total. The van der Waals surface area contributed by atoms with Gasteiger partial charge in [-0.15, -0.1) is 6.58 Å². The third-order valence-electron chi connectivity index (χ3n) is 2.36. The highest BCUT2D eigenvalue weighted by Crippen LogP contribution is 2.17. The molecule has 1 rings (SSSR count). The Morgan fingerprint density at radius 3 is 2.83 bits per heavy atom. The average Bonchev–Trinajstić information content (AvgIpc) is 2.41. The van der Waals surface area contributed by atoms with E-state index in [1.165, 1.54) is 0 Å². The Morgan fingerprint density at radius 1 is 1.39 bits per heavy atom. The lowest BCUT2D eigenvalue weighted by Gasteiger charge is -2.13. The molecule has 0 atom stereocenters.